The standard InChI is InChI=1S/C17H26ClFN2/c1-12(2)21-9-5-4-6-13(11-20-3)17(21)15-8-7-14(19)10-16(15)18/h7-8,10,12-13,17,20H,4-6,9,11H2,1-3H3. The molecule has 2 unspecified atom stereocenters. The fourth-order valence-electron chi connectivity index (χ4n) is 3.50. The van der Waals surface area contributed by atoms with Crippen molar-refractivity contribution >= 4 is 11.6 Å². The highest BCUT2D eigenvalue weighted by molar-refractivity contribution is 6.31. The normalized spacial score (nSPS) is 24.3. The van der Waals surface area contributed by atoms with Gasteiger partial charge in [-0.15, -0.1) is 0 Å². The van der Waals surface area contributed by atoms with Gasteiger partial charge in [0, 0.05) is 17.1 Å². The Morgan fingerprint density at radius 3 is 2.76 bits per heavy atom. The summed E-state index contributed by atoms with van der Waals surface area (Å²) in [6.07, 6.45) is 3.64. The summed E-state index contributed by atoms with van der Waals surface area (Å²) < 4.78 is 13.4. The molecule has 1 aromatic rings. The van der Waals surface area contributed by atoms with Crippen LogP contribution in [0.5, 0.6) is 0 Å². The quantitative estimate of drug-likeness (QED) is 0.894. The van der Waals surface area contributed by atoms with Crippen LogP contribution >= 0.6 is 11.6 Å². The SMILES string of the molecule is CNCC1CCCCN(C(C)C)C1c1ccc(F)cc1Cl. The van der Waals surface area contributed by atoms with Crippen LogP contribution in [0.15, 0.2) is 18.2 Å². The second-order valence-electron chi connectivity index (χ2n) is 6.26. The van der Waals surface area contributed by atoms with Gasteiger partial charge >= 0.3 is 0 Å². The minimum absolute atomic E-state index is 0.257. The number of hydrogen-bond acceptors (Lipinski definition) is 2. The number of rotatable bonds is 4. The molecular formula is C17H26ClFN2. The molecule has 1 aliphatic rings. The number of nitrogens with zero attached hydrogens (tertiary/aromatic N) is 1. The second kappa shape index (κ2) is 7.57. The Labute approximate surface area is 132 Å². The third-order valence-corrected chi connectivity index (χ3v) is 4.78. The van der Waals surface area contributed by atoms with E-state index in [0.29, 0.717) is 17.0 Å². The van der Waals surface area contributed by atoms with Crippen molar-refractivity contribution in [3.05, 3.63) is 34.6 Å². The average molecular weight is 313 g/mol. The molecule has 118 valence electrons. The van der Waals surface area contributed by atoms with Crippen LogP contribution in [0.3, 0.4) is 0 Å². The lowest BCUT2D eigenvalue weighted by atomic mass is 9.88. The van der Waals surface area contributed by atoms with Gasteiger partial charge < -0.3 is 5.32 Å². The Morgan fingerprint density at radius 1 is 1.38 bits per heavy atom. The van der Waals surface area contributed by atoms with Crippen LogP contribution in [-0.4, -0.2) is 31.1 Å². The highest BCUT2D eigenvalue weighted by atomic mass is 35.5. The monoisotopic (exact) mass is 312 g/mol. The highest BCUT2D eigenvalue weighted by Crippen LogP contribution is 2.39. The predicted octanol–water partition coefficient (Wildman–Crippen LogP) is 4.25. The molecule has 21 heavy (non-hydrogen) atoms. The molecule has 2 rings (SSSR count). The molecule has 0 saturated carbocycles. The van der Waals surface area contributed by atoms with Crippen LogP contribution in [0.2, 0.25) is 5.02 Å². The molecule has 0 aliphatic carbocycles. The zero-order valence-electron chi connectivity index (χ0n) is 13.2. The van der Waals surface area contributed by atoms with E-state index in [1.54, 1.807) is 0 Å². The minimum Gasteiger partial charge on any atom is -0.319 e. The molecule has 0 amide bonds. The van der Waals surface area contributed by atoms with Crippen LogP contribution in [0.4, 0.5) is 4.39 Å². The number of likely N-dealkylation sites (tertiary alicyclic amines) is 1. The lowest BCUT2D eigenvalue weighted by Crippen LogP contribution is -2.40. The molecule has 1 fully saturated rings. The number of hydrogen-bond donors (Lipinski definition) is 1. The maximum Gasteiger partial charge on any atom is 0.124 e. The maximum absolute atomic E-state index is 13.4. The summed E-state index contributed by atoms with van der Waals surface area (Å²) in [5.41, 5.74) is 1.06. The molecule has 1 aromatic carbocycles. The molecule has 0 aromatic heterocycles. The summed E-state index contributed by atoms with van der Waals surface area (Å²) in [4.78, 5) is 2.52. The van der Waals surface area contributed by atoms with Crippen LogP contribution in [0.25, 0.3) is 0 Å². The Balaban J connectivity index is 2.42. The van der Waals surface area contributed by atoms with Crippen LogP contribution in [0.1, 0.15) is 44.7 Å². The van der Waals surface area contributed by atoms with Crippen LogP contribution in [0, 0.1) is 11.7 Å². The van der Waals surface area contributed by atoms with Crippen molar-refractivity contribution < 1.29 is 4.39 Å². The fraction of sp³-hybridized carbons (Fsp3) is 0.647. The second-order valence-corrected chi connectivity index (χ2v) is 6.66. The van der Waals surface area contributed by atoms with Gasteiger partial charge in [0.2, 0.25) is 0 Å². The molecule has 1 heterocycles. The lowest BCUT2D eigenvalue weighted by Gasteiger charge is -2.38. The van der Waals surface area contributed by atoms with Crippen LogP contribution < -0.4 is 5.32 Å². The first-order valence-corrected chi connectivity index (χ1v) is 8.27. The van der Waals surface area contributed by atoms with Gasteiger partial charge in [-0.1, -0.05) is 24.1 Å². The highest BCUT2D eigenvalue weighted by Gasteiger charge is 2.33. The Morgan fingerprint density at radius 2 is 2.14 bits per heavy atom. The third-order valence-electron chi connectivity index (χ3n) is 4.46. The third kappa shape index (κ3) is 3.97. The van der Waals surface area contributed by atoms with E-state index in [9.17, 15) is 4.39 Å². The summed E-state index contributed by atoms with van der Waals surface area (Å²) in [5, 5.41) is 3.86. The summed E-state index contributed by atoms with van der Waals surface area (Å²) >= 11 is 6.36. The van der Waals surface area contributed by atoms with Gasteiger partial charge in [0.15, 0.2) is 0 Å². The van der Waals surface area contributed by atoms with E-state index in [2.05, 4.69) is 24.1 Å². The Bertz CT molecular complexity index is 464. The lowest BCUT2D eigenvalue weighted by molar-refractivity contribution is 0.118. The number of nitrogens with one attached hydrogen (secondary N) is 1. The van der Waals surface area contributed by atoms with Crippen molar-refractivity contribution in [2.75, 3.05) is 20.1 Å². The van der Waals surface area contributed by atoms with E-state index in [4.69, 9.17) is 11.6 Å². The average Bonchev–Trinajstić information content (AvgIpc) is 2.62. The summed E-state index contributed by atoms with van der Waals surface area (Å²) in [5.74, 6) is 0.237. The van der Waals surface area contributed by atoms with Gasteiger partial charge in [-0.2, -0.15) is 0 Å². The van der Waals surface area contributed by atoms with Crippen molar-refractivity contribution in [1.82, 2.24) is 10.2 Å². The van der Waals surface area contributed by atoms with E-state index < -0.39 is 0 Å². The van der Waals surface area contributed by atoms with Crippen molar-refractivity contribution in [2.24, 2.45) is 5.92 Å². The molecule has 2 nitrogen and oxygen atoms in total. The van der Waals surface area contributed by atoms with E-state index in [-0.39, 0.29) is 11.9 Å². The van der Waals surface area contributed by atoms with Gasteiger partial charge in [0.1, 0.15) is 5.82 Å². The zero-order valence-corrected chi connectivity index (χ0v) is 14.0. The molecule has 1 aliphatic heterocycles. The van der Waals surface area contributed by atoms with E-state index in [1.807, 2.05) is 13.1 Å². The molecule has 0 radical (unpaired) electrons. The zero-order chi connectivity index (χ0) is 15.4. The first-order valence-electron chi connectivity index (χ1n) is 7.90. The first kappa shape index (κ1) is 16.7. The molecular weight excluding hydrogens is 287 g/mol. The van der Waals surface area contributed by atoms with E-state index in [0.717, 1.165) is 18.7 Å². The van der Waals surface area contributed by atoms with Crippen LogP contribution in [-0.2, 0) is 0 Å². The number of benzene rings is 1. The molecule has 0 spiro atoms. The summed E-state index contributed by atoms with van der Waals surface area (Å²) in [6, 6.07) is 5.55. The Hall–Kier alpha value is -0.640. The smallest absolute Gasteiger partial charge is 0.124 e. The van der Waals surface area contributed by atoms with Gasteiger partial charge in [0.25, 0.3) is 0 Å². The summed E-state index contributed by atoms with van der Waals surface area (Å²) in [7, 11) is 1.99. The topological polar surface area (TPSA) is 15.3 Å². The number of halogens is 2. The van der Waals surface area contributed by atoms with Gasteiger partial charge in [-0.05, 0) is 70.4 Å². The molecule has 1 N–H and O–H groups in total. The van der Waals surface area contributed by atoms with Crippen molar-refractivity contribution in [2.45, 2.75) is 45.2 Å². The van der Waals surface area contributed by atoms with E-state index in [1.165, 1.54) is 31.4 Å². The maximum atomic E-state index is 13.4. The molecule has 2 atom stereocenters. The molecule has 0 bridgehead atoms. The van der Waals surface area contributed by atoms with Crippen molar-refractivity contribution in [3.8, 4) is 0 Å². The van der Waals surface area contributed by atoms with Gasteiger partial charge in [0.05, 0.1) is 0 Å². The Kier molecular flexibility index (Phi) is 6.03. The van der Waals surface area contributed by atoms with E-state index >= 15 is 0 Å². The van der Waals surface area contributed by atoms with Gasteiger partial charge in [-0.25, -0.2) is 4.39 Å². The fourth-order valence-corrected chi connectivity index (χ4v) is 3.78. The minimum atomic E-state index is -0.265. The first-order chi connectivity index (χ1) is 10.0. The van der Waals surface area contributed by atoms with Crippen molar-refractivity contribution in [1.29, 1.82) is 0 Å². The largest absolute Gasteiger partial charge is 0.319 e. The summed E-state index contributed by atoms with van der Waals surface area (Å²) in [6.45, 7) is 6.50. The van der Waals surface area contributed by atoms with Crippen molar-refractivity contribution in [3.63, 3.8) is 0 Å². The predicted molar refractivity (Wildman–Crippen MR) is 87.3 cm³/mol. The molecule has 1 saturated heterocycles. The molecule has 4 heteroatoms. The van der Waals surface area contributed by atoms with Gasteiger partial charge in [-0.3, -0.25) is 4.90 Å².